The minimum atomic E-state index is -4.81. The van der Waals surface area contributed by atoms with Gasteiger partial charge in [-0.15, -0.1) is 0 Å². The van der Waals surface area contributed by atoms with Gasteiger partial charge in [0, 0.05) is 12.6 Å². The van der Waals surface area contributed by atoms with Crippen molar-refractivity contribution in [1.82, 2.24) is 24.2 Å². The monoisotopic (exact) mass is 499 g/mol. The van der Waals surface area contributed by atoms with Gasteiger partial charge in [-0.3, -0.25) is 14.3 Å². The summed E-state index contributed by atoms with van der Waals surface area (Å²) in [7, 11) is 0. The molecule has 0 saturated carbocycles. The highest BCUT2D eigenvalue weighted by Crippen LogP contribution is 2.42. The van der Waals surface area contributed by atoms with Crippen LogP contribution in [0.25, 0.3) is 0 Å². The van der Waals surface area contributed by atoms with E-state index in [1.54, 1.807) is 0 Å². The normalized spacial score (nSPS) is 25.8. The molecule has 4 heterocycles. The van der Waals surface area contributed by atoms with Crippen molar-refractivity contribution < 1.29 is 26.7 Å². The fourth-order valence-electron chi connectivity index (χ4n) is 4.06. The number of aromatic nitrogens is 4. The number of hydrogen-bond acceptors (Lipinski definition) is 4. The van der Waals surface area contributed by atoms with Crippen molar-refractivity contribution in [3.8, 4) is 0 Å². The zero-order valence-electron chi connectivity index (χ0n) is 16.2. The summed E-state index contributed by atoms with van der Waals surface area (Å²) in [6.07, 6.45) is -8.24. The Labute approximate surface area is 187 Å². The molecule has 0 radical (unpaired) electrons. The molecular formula is C18H16Cl2F5N5O2. The van der Waals surface area contributed by atoms with Crippen molar-refractivity contribution in [3.63, 3.8) is 0 Å². The number of pyridine rings is 1. The van der Waals surface area contributed by atoms with E-state index in [1.165, 1.54) is 12.3 Å². The first-order valence-corrected chi connectivity index (χ1v) is 10.3. The van der Waals surface area contributed by atoms with Gasteiger partial charge >= 0.3 is 11.9 Å². The van der Waals surface area contributed by atoms with Gasteiger partial charge in [0.2, 0.25) is 5.91 Å². The fourth-order valence-corrected chi connectivity index (χ4v) is 4.50. The molecule has 0 aliphatic carbocycles. The van der Waals surface area contributed by atoms with E-state index in [2.05, 4.69) is 10.1 Å². The number of rotatable bonds is 3. The average Bonchev–Trinajstić information content (AvgIpc) is 3.21. The van der Waals surface area contributed by atoms with Crippen molar-refractivity contribution in [1.29, 1.82) is 0 Å². The number of nitrogens with zero attached hydrogens (tertiary/aromatic N) is 5. The van der Waals surface area contributed by atoms with Gasteiger partial charge in [0.05, 0.1) is 41.3 Å². The molecule has 7 nitrogen and oxygen atoms in total. The quantitative estimate of drug-likeness (QED) is 0.608. The first kappa shape index (κ1) is 23.0. The second kappa shape index (κ2) is 8.29. The topological polar surface area (TPSA) is 73.0 Å². The van der Waals surface area contributed by atoms with Crippen LogP contribution in [0, 0.1) is 5.92 Å². The number of alkyl halides is 5. The van der Waals surface area contributed by atoms with Gasteiger partial charge in [0.1, 0.15) is 11.9 Å². The summed E-state index contributed by atoms with van der Waals surface area (Å²) in [6.45, 7) is -1.62. The van der Waals surface area contributed by atoms with E-state index in [1.807, 2.05) is 0 Å². The Balaban J connectivity index is 1.74. The minimum Gasteiger partial charge on any atom is -0.335 e. The zero-order chi connectivity index (χ0) is 23.4. The SMILES string of the molecule is O=C([C@H]1[C@H](C(F)(F)F)CCc2nn(Cc3ncc(Cl)cc3Cl)c(=O)n21)N1C[C@@H](F)[C@@H](F)C1. The smallest absolute Gasteiger partial charge is 0.335 e. The second-order valence-corrected chi connectivity index (χ2v) is 8.56. The number of amides is 1. The van der Waals surface area contributed by atoms with Gasteiger partial charge < -0.3 is 4.90 Å². The van der Waals surface area contributed by atoms with Crippen LogP contribution in [-0.2, 0) is 17.8 Å². The first-order valence-electron chi connectivity index (χ1n) is 9.59. The Kier molecular flexibility index (Phi) is 5.95. The standard InChI is InChI=1S/C18H16Cl2F5N5O2/c19-8-3-10(20)13(26-4-8)7-29-17(32)30-14(27-29)2-1-9(18(23,24)25)15(30)16(31)28-5-11(21)12(22)6-28/h3-4,9,11-12,15H,1-2,5-7H2/t9-,11-,12+,15-/m1/s1. The van der Waals surface area contributed by atoms with Crippen LogP contribution in [-0.4, -0.2) is 61.7 Å². The lowest BCUT2D eigenvalue weighted by Crippen LogP contribution is -2.49. The molecule has 2 aliphatic rings. The van der Waals surface area contributed by atoms with Crippen LogP contribution in [0.4, 0.5) is 22.0 Å². The predicted octanol–water partition coefficient (Wildman–Crippen LogP) is 2.98. The molecule has 4 rings (SSSR count). The van der Waals surface area contributed by atoms with Crippen molar-refractivity contribution in [2.75, 3.05) is 13.1 Å². The molecule has 0 spiro atoms. The Morgan fingerprint density at radius 1 is 1.19 bits per heavy atom. The highest BCUT2D eigenvalue weighted by molar-refractivity contribution is 6.34. The van der Waals surface area contributed by atoms with Crippen LogP contribution in [0.5, 0.6) is 0 Å². The summed E-state index contributed by atoms with van der Waals surface area (Å²) in [6, 6.07) is -0.627. The molecule has 2 aromatic rings. The average molecular weight is 500 g/mol. The molecule has 0 aromatic carbocycles. The third-order valence-corrected chi connectivity index (χ3v) is 6.16. The summed E-state index contributed by atoms with van der Waals surface area (Å²) in [5, 5.41) is 4.43. The summed E-state index contributed by atoms with van der Waals surface area (Å²) in [5.41, 5.74) is -0.781. The van der Waals surface area contributed by atoms with E-state index in [0.717, 1.165) is 4.68 Å². The maximum atomic E-state index is 13.8. The van der Waals surface area contributed by atoms with Gasteiger partial charge in [-0.1, -0.05) is 23.2 Å². The van der Waals surface area contributed by atoms with Gasteiger partial charge in [-0.05, 0) is 12.5 Å². The second-order valence-electron chi connectivity index (χ2n) is 7.72. The number of halogens is 7. The first-order chi connectivity index (χ1) is 15.0. The van der Waals surface area contributed by atoms with Crippen LogP contribution in [0.3, 0.4) is 0 Å². The third-order valence-electron chi connectivity index (χ3n) is 5.63. The Hall–Kier alpha value is -2.21. The molecule has 32 heavy (non-hydrogen) atoms. The maximum Gasteiger partial charge on any atom is 0.394 e. The van der Waals surface area contributed by atoms with Gasteiger partial charge in [-0.25, -0.2) is 18.3 Å². The van der Waals surface area contributed by atoms with E-state index in [4.69, 9.17) is 23.2 Å². The van der Waals surface area contributed by atoms with E-state index < -0.39 is 61.6 Å². The maximum absolute atomic E-state index is 13.8. The summed E-state index contributed by atoms with van der Waals surface area (Å²) < 4.78 is 70.0. The van der Waals surface area contributed by atoms with Crippen molar-refractivity contribution in [3.05, 3.63) is 44.3 Å². The van der Waals surface area contributed by atoms with Gasteiger partial charge in [0.25, 0.3) is 0 Å². The number of likely N-dealkylation sites (tertiary alicyclic amines) is 1. The molecule has 14 heteroatoms. The van der Waals surface area contributed by atoms with Crippen molar-refractivity contribution in [2.24, 2.45) is 5.92 Å². The van der Waals surface area contributed by atoms with E-state index in [0.29, 0.717) is 9.47 Å². The summed E-state index contributed by atoms with van der Waals surface area (Å²) >= 11 is 11.8. The number of fused-ring (bicyclic) bond motifs is 1. The van der Waals surface area contributed by atoms with Crippen molar-refractivity contribution in [2.45, 2.75) is 43.9 Å². The van der Waals surface area contributed by atoms with E-state index >= 15 is 0 Å². The molecule has 4 atom stereocenters. The van der Waals surface area contributed by atoms with Gasteiger partial charge in [-0.2, -0.15) is 18.3 Å². The summed E-state index contributed by atoms with van der Waals surface area (Å²) in [5.74, 6) is -3.40. The number of aryl methyl sites for hydroxylation is 1. The lowest BCUT2D eigenvalue weighted by molar-refractivity contribution is -0.196. The molecule has 0 unspecified atom stereocenters. The largest absolute Gasteiger partial charge is 0.394 e. The molecule has 2 aliphatic heterocycles. The molecule has 174 valence electrons. The molecule has 1 amide bonds. The third kappa shape index (κ3) is 4.09. The molecular weight excluding hydrogens is 484 g/mol. The predicted molar refractivity (Wildman–Crippen MR) is 103 cm³/mol. The minimum absolute atomic E-state index is 0.0354. The lowest BCUT2D eigenvalue weighted by Gasteiger charge is -2.34. The molecule has 0 N–H and O–H groups in total. The Bertz CT molecular complexity index is 1090. The van der Waals surface area contributed by atoms with Crippen LogP contribution < -0.4 is 5.69 Å². The van der Waals surface area contributed by atoms with Crippen molar-refractivity contribution >= 4 is 29.1 Å². The highest BCUT2D eigenvalue weighted by atomic mass is 35.5. The zero-order valence-corrected chi connectivity index (χ0v) is 17.7. The molecule has 1 saturated heterocycles. The number of carbonyl (C=O) groups is 1. The number of carbonyl (C=O) groups excluding carboxylic acids is 1. The van der Waals surface area contributed by atoms with Crippen LogP contribution in [0.1, 0.15) is 24.0 Å². The fraction of sp³-hybridized carbons (Fsp3) is 0.556. The van der Waals surface area contributed by atoms with Crippen LogP contribution in [0.15, 0.2) is 17.1 Å². The van der Waals surface area contributed by atoms with E-state index in [-0.39, 0.29) is 34.5 Å². The number of hydrogen-bond donors (Lipinski definition) is 0. The Morgan fingerprint density at radius 3 is 2.44 bits per heavy atom. The molecule has 1 fully saturated rings. The lowest BCUT2D eigenvalue weighted by atomic mass is 9.89. The van der Waals surface area contributed by atoms with Crippen LogP contribution in [0.2, 0.25) is 10.0 Å². The molecule has 0 bridgehead atoms. The Morgan fingerprint density at radius 2 is 1.84 bits per heavy atom. The van der Waals surface area contributed by atoms with E-state index in [9.17, 15) is 31.5 Å². The summed E-state index contributed by atoms with van der Waals surface area (Å²) in [4.78, 5) is 30.7. The van der Waals surface area contributed by atoms with Crippen LogP contribution >= 0.6 is 23.2 Å². The van der Waals surface area contributed by atoms with Gasteiger partial charge in [0.15, 0.2) is 12.3 Å². The highest BCUT2D eigenvalue weighted by Gasteiger charge is 2.53. The molecule has 2 aromatic heterocycles.